The molecule has 0 amide bonds. The Morgan fingerprint density at radius 3 is 2.93 bits per heavy atom. The number of rotatable bonds is 2. The SMILES string of the molecule is CC1OC(=O)C2CC(OC(=O)CCl)CC12. The molecule has 1 heterocycles. The Balaban J connectivity index is 1.95. The summed E-state index contributed by atoms with van der Waals surface area (Å²) in [7, 11) is 0. The fourth-order valence-corrected chi connectivity index (χ4v) is 2.55. The van der Waals surface area contributed by atoms with E-state index in [1.165, 1.54) is 0 Å². The Labute approximate surface area is 92.9 Å². The zero-order chi connectivity index (χ0) is 11.0. The van der Waals surface area contributed by atoms with E-state index in [9.17, 15) is 9.59 Å². The summed E-state index contributed by atoms with van der Waals surface area (Å²) in [4.78, 5) is 22.4. The predicted molar refractivity (Wildman–Crippen MR) is 52.4 cm³/mol. The highest BCUT2D eigenvalue weighted by atomic mass is 35.5. The van der Waals surface area contributed by atoms with Crippen LogP contribution in [0, 0.1) is 11.8 Å². The summed E-state index contributed by atoms with van der Waals surface area (Å²) in [5, 5.41) is 0. The first-order valence-corrected chi connectivity index (χ1v) is 5.61. The molecule has 0 bridgehead atoms. The lowest BCUT2D eigenvalue weighted by atomic mass is 9.95. The summed E-state index contributed by atoms with van der Waals surface area (Å²) in [6, 6.07) is 0. The number of hydrogen-bond donors (Lipinski definition) is 0. The highest BCUT2D eigenvalue weighted by molar-refractivity contribution is 6.26. The number of halogens is 1. The van der Waals surface area contributed by atoms with Gasteiger partial charge in [0.15, 0.2) is 0 Å². The monoisotopic (exact) mass is 232 g/mol. The average Bonchev–Trinajstić information content (AvgIpc) is 2.70. The third-order valence-electron chi connectivity index (χ3n) is 3.18. The standard InChI is InChI=1S/C10H13ClO4/c1-5-7-2-6(15-9(12)4-11)3-8(7)10(13)14-5/h5-8H,2-4H2,1H3. The summed E-state index contributed by atoms with van der Waals surface area (Å²) < 4.78 is 10.2. The van der Waals surface area contributed by atoms with Gasteiger partial charge in [-0.2, -0.15) is 0 Å². The van der Waals surface area contributed by atoms with Crippen molar-refractivity contribution in [2.45, 2.75) is 32.0 Å². The van der Waals surface area contributed by atoms with Gasteiger partial charge in [-0.15, -0.1) is 11.6 Å². The molecule has 4 unspecified atom stereocenters. The van der Waals surface area contributed by atoms with Gasteiger partial charge in [-0.1, -0.05) is 0 Å². The minimum absolute atomic E-state index is 0.0535. The van der Waals surface area contributed by atoms with E-state index in [0.717, 1.165) is 0 Å². The smallest absolute Gasteiger partial charge is 0.321 e. The number of alkyl halides is 1. The number of fused-ring (bicyclic) bond motifs is 1. The molecule has 0 N–H and O–H groups in total. The molecule has 2 aliphatic rings. The van der Waals surface area contributed by atoms with E-state index in [0.29, 0.717) is 12.8 Å². The van der Waals surface area contributed by atoms with Gasteiger partial charge >= 0.3 is 11.9 Å². The van der Waals surface area contributed by atoms with Crippen molar-refractivity contribution in [3.8, 4) is 0 Å². The molecule has 0 aromatic carbocycles. The Kier molecular flexibility index (Phi) is 2.87. The Bertz CT molecular complexity index is 291. The Morgan fingerprint density at radius 2 is 2.33 bits per heavy atom. The average molecular weight is 233 g/mol. The van der Waals surface area contributed by atoms with Crippen LogP contribution in [0.5, 0.6) is 0 Å². The second kappa shape index (κ2) is 4.00. The number of hydrogen-bond acceptors (Lipinski definition) is 4. The van der Waals surface area contributed by atoms with Gasteiger partial charge in [-0.25, -0.2) is 0 Å². The third-order valence-corrected chi connectivity index (χ3v) is 3.40. The zero-order valence-electron chi connectivity index (χ0n) is 8.44. The molecule has 2 fully saturated rings. The van der Waals surface area contributed by atoms with Crippen LogP contribution in [0.1, 0.15) is 19.8 Å². The van der Waals surface area contributed by atoms with Gasteiger partial charge in [0, 0.05) is 5.92 Å². The Morgan fingerprint density at radius 1 is 1.60 bits per heavy atom. The van der Waals surface area contributed by atoms with Crippen molar-refractivity contribution < 1.29 is 19.1 Å². The van der Waals surface area contributed by atoms with Crippen LogP contribution in [0.15, 0.2) is 0 Å². The van der Waals surface area contributed by atoms with Crippen molar-refractivity contribution >= 4 is 23.5 Å². The third kappa shape index (κ3) is 1.95. The van der Waals surface area contributed by atoms with Gasteiger partial charge in [0.05, 0.1) is 5.92 Å². The lowest BCUT2D eigenvalue weighted by Crippen LogP contribution is -2.19. The molecule has 4 nitrogen and oxygen atoms in total. The van der Waals surface area contributed by atoms with Gasteiger partial charge in [-0.3, -0.25) is 9.59 Å². The van der Waals surface area contributed by atoms with Gasteiger partial charge in [0.25, 0.3) is 0 Å². The molecule has 0 radical (unpaired) electrons. The maximum Gasteiger partial charge on any atom is 0.321 e. The van der Waals surface area contributed by atoms with Crippen LogP contribution < -0.4 is 0 Å². The molecule has 1 saturated carbocycles. The quantitative estimate of drug-likeness (QED) is 0.529. The molecule has 1 aliphatic heterocycles. The van der Waals surface area contributed by atoms with Gasteiger partial charge in [0.1, 0.15) is 18.1 Å². The van der Waals surface area contributed by atoms with E-state index in [1.54, 1.807) is 0 Å². The van der Waals surface area contributed by atoms with E-state index in [-0.39, 0.29) is 35.9 Å². The van der Waals surface area contributed by atoms with Crippen LogP contribution in [0.3, 0.4) is 0 Å². The minimum atomic E-state index is -0.414. The summed E-state index contributed by atoms with van der Waals surface area (Å²) >= 11 is 5.34. The lowest BCUT2D eigenvalue weighted by molar-refractivity contribution is -0.150. The summed E-state index contributed by atoms with van der Waals surface area (Å²) in [5.41, 5.74) is 0. The van der Waals surface area contributed by atoms with E-state index in [1.807, 2.05) is 6.92 Å². The van der Waals surface area contributed by atoms with Crippen LogP contribution in [0.4, 0.5) is 0 Å². The summed E-state index contributed by atoms with van der Waals surface area (Å²) in [5.74, 6) is -0.593. The lowest BCUT2D eigenvalue weighted by Gasteiger charge is -2.14. The molecule has 0 aromatic heterocycles. The second-order valence-electron chi connectivity index (χ2n) is 4.13. The normalized spacial score (nSPS) is 38.7. The van der Waals surface area contributed by atoms with Crippen molar-refractivity contribution in [2.24, 2.45) is 11.8 Å². The molecular weight excluding hydrogens is 220 g/mol. The van der Waals surface area contributed by atoms with Gasteiger partial charge in [0.2, 0.25) is 0 Å². The highest BCUT2D eigenvalue weighted by Gasteiger charge is 2.49. The van der Waals surface area contributed by atoms with Gasteiger partial charge < -0.3 is 9.47 Å². The van der Waals surface area contributed by atoms with Crippen LogP contribution in [0.2, 0.25) is 0 Å². The van der Waals surface area contributed by atoms with E-state index in [2.05, 4.69) is 0 Å². The van der Waals surface area contributed by atoms with Gasteiger partial charge in [-0.05, 0) is 19.8 Å². The molecule has 5 heteroatoms. The molecule has 15 heavy (non-hydrogen) atoms. The van der Waals surface area contributed by atoms with Crippen LogP contribution >= 0.6 is 11.6 Å². The fraction of sp³-hybridized carbons (Fsp3) is 0.800. The predicted octanol–water partition coefficient (Wildman–Crippen LogP) is 1.11. The molecule has 84 valence electrons. The second-order valence-corrected chi connectivity index (χ2v) is 4.40. The van der Waals surface area contributed by atoms with Crippen LogP contribution in [-0.2, 0) is 19.1 Å². The molecule has 2 rings (SSSR count). The molecular formula is C10H13ClO4. The zero-order valence-corrected chi connectivity index (χ0v) is 9.20. The van der Waals surface area contributed by atoms with E-state index in [4.69, 9.17) is 21.1 Å². The highest BCUT2D eigenvalue weighted by Crippen LogP contribution is 2.42. The number of carbonyl (C=O) groups excluding carboxylic acids is 2. The van der Waals surface area contributed by atoms with Crippen molar-refractivity contribution in [1.82, 2.24) is 0 Å². The summed E-state index contributed by atoms with van der Waals surface area (Å²) in [6.45, 7) is 1.88. The summed E-state index contributed by atoms with van der Waals surface area (Å²) in [6.07, 6.45) is 1.07. The number of esters is 2. The van der Waals surface area contributed by atoms with Crippen molar-refractivity contribution in [3.63, 3.8) is 0 Å². The van der Waals surface area contributed by atoms with Crippen molar-refractivity contribution in [2.75, 3.05) is 5.88 Å². The minimum Gasteiger partial charge on any atom is -0.462 e. The maximum atomic E-state index is 11.4. The van der Waals surface area contributed by atoms with E-state index >= 15 is 0 Å². The first kappa shape index (κ1) is 10.7. The Hall–Kier alpha value is -0.770. The number of carbonyl (C=O) groups is 2. The molecule has 0 spiro atoms. The van der Waals surface area contributed by atoms with Crippen LogP contribution in [0.25, 0.3) is 0 Å². The first-order valence-electron chi connectivity index (χ1n) is 5.07. The number of ether oxygens (including phenoxy) is 2. The molecule has 4 atom stereocenters. The first-order chi connectivity index (χ1) is 7.11. The molecule has 0 aromatic rings. The maximum absolute atomic E-state index is 11.4. The van der Waals surface area contributed by atoms with Crippen molar-refractivity contribution in [1.29, 1.82) is 0 Å². The molecule has 1 saturated heterocycles. The fourth-order valence-electron chi connectivity index (χ4n) is 2.48. The largest absolute Gasteiger partial charge is 0.462 e. The number of cyclic esters (lactones) is 1. The molecule has 1 aliphatic carbocycles. The topological polar surface area (TPSA) is 52.6 Å². The van der Waals surface area contributed by atoms with Crippen molar-refractivity contribution in [3.05, 3.63) is 0 Å². The van der Waals surface area contributed by atoms with E-state index < -0.39 is 5.97 Å². The van der Waals surface area contributed by atoms with Crippen LogP contribution in [-0.4, -0.2) is 30.0 Å².